The average Bonchev–Trinajstić information content (AvgIpc) is 2.95. The van der Waals surface area contributed by atoms with E-state index in [2.05, 4.69) is 48.5 Å². The van der Waals surface area contributed by atoms with Gasteiger partial charge in [0, 0.05) is 11.1 Å². The van der Waals surface area contributed by atoms with Gasteiger partial charge in [-0.25, -0.2) is 0 Å². The summed E-state index contributed by atoms with van der Waals surface area (Å²) in [6, 6.07) is 16.8. The first-order valence-electron chi connectivity index (χ1n) is 5.75. The van der Waals surface area contributed by atoms with Crippen LogP contribution in [0.3, 0.4) is 0 Å². The third kappa shape index (κ3) is 1.21. The topological polar surface area (TPSA) is 18.5 Å². The fourth-order valence-electron chi connectivity index (χ4n) is 2.61. The molecule has 2 nitrogen and oxygen atoms in total. The van der Waals surface area contributed by atoms with Gasteiger partial charge in [-0.05, 0) is 12.1 Å². The smallest absolute Gasteiger partial charge is 0.190 e. The van der Waals surface area contributed by atoms with Gasteiger partial charge in [0.1, 0.15) is 13.2 Å². The molecule has 0 unspecified atom stereocenters. The Kier molecular flexibility index (Phi) is 1.95. The van der Waals surface area contributed by atoms with E-state index >= 15 is 0 Å². The Morgan fingerprint density at radius 2 is 1.18 bits per heavy atom. The van der Waals surface area contributed by atoms with Gasteiger partial charge < -0.3 is 0 Å². The van der Waals surface area contributed by atoms with Crippen molar-refractivity contribution in [3.8, 4) is 0 Å². The molecule has 0 saturated heterocycles. The van der Waals surface area contributed by atoms with Gasteiger partial charge >= 0.3 is 7.72 Å². The van der Waals surface area contributed by atoms with Crippen molar-refractivity contribution in [3.63, 3.8) is 0 Å². The zero-order chi connectivity index (χ0) is 11.3. The summed E-state index contributed by atoms with van der Waals surface area (Å²) < 4.78 is 12.2. The second kappa shape index (κ2) is 3.39. The largest absolute Gasteiger partial charge is 0.341 e. The molecule has 17 heavy (non-hydrogen) atoms. The van der Waals surface area contributed by atoms with Crippen molar-refractivity contribution in [2.24, 2.45) is 0 Å². The minimum atomic E-state index is -1.98. The van der Waals surface area contributed by atoms with Gasteiger partial charge in [0.25, 0.3) is 0 Å². The lowest BCUT2D eigenvalue weighted by molar-refractivity contribution is 0.253. The molecule has 4 rings (SSSR count). The van der Waals surface area contributed by atoms with Gasteiger partial charge in [0.05, 0.1) is 0 Å². The molecule has 84 valence electrons. The number of hydrogen-bond donors (Lipinski definition) is 0. The average molecular weight is 243 g/mol. The summed E-state index contributed by atoms with van der Waals surface area (Å²) >= 11 is 0. The van der Waals surface area contributed by atoms with Crippen LogP contribution in [0, 0.1) is 0 Å². The summed E-state index contributed by atoms with van der Waals surface area (Å²) in [5, 5.41) is 2.54. The predicted octanol–water partition coefficient (Wildman–Crippen LogP) is 2.55. The molecule has 2 aliphatic rings. The van der Waals surface area contributed by atoms with Crippen LogP contribution < -0.4 is 10.6 Å². The lowest BCUT2D eigenvalue weighted by Gasteiger charge is -2.12. The van der Waals surface area contributed by atoms with Crippen LogP contribution in [-0.4, -0.2) is 0 Å². The molecule has 1 spiro atoms. The van der Waals surface area contributed by atoms with Crippen LogP contribution in [0.1, 0.15) is 11.1 Å². The standard InChI is InChI=1S/C14H12O2P/c1-3-7-13-11(5-1)9-15-17(13)14-8-4-2-6-12(14)10-16-17/h1-8H,9-10H2/q+1. The van der Waals surface area contributed by atoms with Crippen molar-refractivity contribution < 1.29 is 9.05 Å². The molecule has 2 aromatic rings. The van der Waals surface area contributed by atoms with Crippen molar-refractivity contribution in [2.75, 3.05) is 0 Å². The highest BCUT2D eigenvalue weighted by Crippen LogP contribution is 2.66. The van der Waals surface area contributed by atoms with E-state index in [1.165, 1.54) is 21.7 Å². The molecule has 0 fully saturated rings. The van der Waals surface area contributed by atoms with E-state index < -0.39 is 7.72 Å². The maximum absolute atomic E-state index is 6.09. The lowest BCUT2D eigenvalue weighted by atomic mass is 10.2. The maximum Gasteiger partial charge on any atom is 0.341 e. The van der Waals surface area contributed by atoms with E-state index in [1.54, 1.807) is 0 Å². The van der Waals surface area contributed by atoms with Crippen LogP contribution in [-0.2, 0) is 22.3 Å². The van der Waals surface area contributed by atoms with Gasteiger partial charge in [-0.15, -0.1) is 0 Å². The van der Waals surface area contributed by atoms with Crippen molar-refractivity contribution in [1.82, 2.24) is 0 Å². The monoisotopic (exact) mass is 243 g/mol. The summed E-state index contributed by atoms with van der Waals surface area (Å²) in [6.07, 6.45) is 0. The van der Waals surface area contributed by atoms with E-state index in [1.807, 2.05) is 0 Å². The second-order valence-corrected chi connectivity index (χ2v) is 6.94. The first-order chi connectivity index (χ1) is 8.40. The van der Waals surface area contributed by atoms with Gasteiger partial charge in [-0.3, -0.25) is 0 Å². The third-order valence-electron chi connectivity index (χ3n) is 3.42. The summed E-state index contributed by atoms with van der Waals surface area (Å²) in [5.74, 6) is 0. The molecule has 0 radical (unpaired) electrons. The van der Waals surface area contributed by atoms with E-state index in [9.17, 15) is 0 Å². The Balaban J connectivity index is 1.97. The molecule has 0 atom stereocenters. The van der Waals surface area contributed by atoms with Crippen LogP contribution in [0.2, 0.25) is 0 Å². The Morgan fingerprint density at radius 1 is 0.706 bits per heavy atom. The third-order valence-corrected chi connectivity index (χ3v) is 6.55. The van der Waals surface area contributed by atoms with Crippen LogP contribution in [0.5, 0.6) is 0 Å². The number of benzene rings is 2. The van der Waals surface area contributed by atoms with E-state index in [0.717, 1.165) is 0 Å². The number of fused-ring (bicyclic) bond motifs is 4. The summed E-state index contributed by atoms with van der Waals surface area (Å²) in [6.45, 7) is 1.36. The minimum Gasteiger partial charge on any atom is -0.190 e. The van der Waals surface area contributed by atoms with E-state index in [-0.39, 0.29) is 0 Å². The fourth-order valence-corrected chi connectivity index (χ4v) is 5.74. The Labute approximate surface area is 101 Å². The highest BCUT2D eigenvalue weighted by molar-refractivity contribution is 7.81. The molecule has 0 saturated carbocycles. The minimum absolute atomic E-state index is 0.679. The molecule has 0 aromatic heterocycles. The summed E-state index contributed by atoms with van der Waals surface area (Å²) in [4.78, 5) is 0. The molecule has 0 bridgehead atoms. The zero-order valence-electron chi connectivity index (χ0n) is 9.30. The highest BCUT2D eigenvalue weighted by atomic mass is 31.2. The van der Waals surface area contributed by atoms with Gasteiger partial charge in [0.15, 0.2) is 10.6 Å². The van der Waals surface area contributed by atoms with Crippen LogP contribution in [0.15, 0.2) is 48.5 Å². The van der Waals surface area contributed by atoms with E-state index in [4.69, 9.17) is 9.05 Å². The SMILES string of the molecule is c1ccc2c(c1)CO[P+]21OCc2ccccc21. The van der Waals surface area contributed by atoms with Crippen LogP contribution >= 0.6 is 7.72 Å². The Hall–Kier alpha value is -1.21. The fraction of sp³-hybridized carbons (Fsp3) is 0.143. The quantitative estimate of drug-likeness (QED) is 0.662. The molecule has 0 amide bonds. The van der Waals surface area contributed by atoms with Crippen molar-refractivity contribution in [1.29, 1.82) is 0 Å². The molecule has 2 aliphatic heterocycles. The first kappa shape index (κ1) is 9.78. The number of rotatable bonds is 0. The molecule has 0 aliphatic carbocycles. The van der Waals surface area contributed by atoms with Gasteiger partial charge in [0.2, 0.25) is 0 Å². The molecular weight excluding hydrogens is 231 g/mol. The Morgan fingerprint density at radius 3 is 1.71 bits per heavy atom. The first-order valence-corrected chi connectivity index (χ1v) is 7.38. The van der Waals surface area contributed by atoms with Crippen molar-refractivity contribution in [3.05, 3.63) is 59.7 Å². The van der Waals surface area contributed by atoms with E-state index in [0.29, 0.717) is 13.2 Å². The molecule has 0 N–H and O–H groups in total. The highest BCUT2D eigenvalue weighted by Gasteiger charge is 2.58. The van der Waals surface area contributed by atoms with Crippen LogP contribution in [0.25, 0.3) is 0 Å². The molecule has 2 heterocycles. The maximum atomic E-state index is 6.09. The summed E-state index contributed by atoms with van der Waals surface area (Å²) in [5.41, 5.74) is 2.55. The Bertz CT molecular complexity index is 541. The zero-order valence-corrected chi connectivity index (χ0v) is 10.2. The molecule has 2 aromatic carbocycles. The predicted molar refractivity (Wildman–Crippen MR) is 68.7 cm³/mol. The second-order valence-electron chi connectivity index (χ2n) is 4.36. The van der Waals surface area contributed by atoms with Crippen LogP contribution in [0.4, 0.5) is 0 Å². The summed E-state index contributed by atoms with van der Waals surface area (Å²) in [7, 11) is -1.98. The van der Waals surface area contributed by atoms with Crippen molar-refractivity contribution in [2.45, 2.75) is 13.2 Å². The number of hydrogen-bond acceptors (Lipinski definition) is 2. The van der Waals surface area contributed by atoms with Gasteiger partial charge in [-0.1, -0.05) is 36.4 Å². The van der Waals surface area contributed by atoms with Gasteiger partial charge in [-0.2, -0.15) is 9.05 Å². The van der Waals surface area contributed by atoms with Crippen molar-refractivity contribution >= 4 is 18.3 Å². The molecule has 3 heteroatoms. The lowest BCUT2D eigenvalue weighted by Crippen LogP contribution is -2.18. The normalized spacial score (nSPS) is 19.3. The molecular formula is C14H12O2P+.